The van der Waals surface area contributed by atoms with Crippen LogP contribution in [-0.2, 0) is 5.33 Å². The van der Waals surface area contributed by atoms with E-state index in [0.29, 0.717) is 0 Å². The van der Waals surface area contributed by atoms with Crippen molar-refractivity contribution in [3.05, 3.63) is 48.5 Å². The Labute approximate surface area is 101 Å². The Hall–Kier alpha value is -1.62. The molecule has 0 atom stereocenters. The molecular weight excluding hydrogens is 268 g/mol. The second-order valence-corrected chi connectivity index (χ2v) is 3.96. The molecule has 0 radical (unpaired) electrons. The molecule has 16 heavy (non-hydrogen) atoms. The van der Waals surface area contributed by atoms with E-state index < -0.39 is 0 Å². The quantitative estimate of drug-likeness (QED) is 0.674. The number of hydrogen-bond donors (Lipinski definition) is 0. The predicted molar refractivity (Wildman–Crippen MR) is 64.9 cm³/mol. The minimum atomic E-state index is 0.743. The van der Waals surface area contributed by atoms with Crippen LogP contribution in [0.15, 0.2) is 42.9 Å². The Balaban J connectivity index is 2.32. The predicted octanol–water partition coefficient (Wildman–Crippen LogP) is 2.41. The number of halogens is 1. The second kappa shape index (κ2) is 3.75. The van der Waals surface area contributed by atoms with Gasteiger partial charge in [-0.1, -0.05) is 22.0 Å². The molecule has 3 aromatic rings. The first-order valence-corrected chi connectivity index (χ1v) is 6.04. The molecule has 0 aliphatic rings. The van der Waals surface area contributed by atoms with Gasteiger partial charge >= 0.3 is 0 Å². The molecule has 0 saturated heterocycles. The number of hydrogen-bond acceptors (Lipinski definition) is 2. The second-order valence-electron chi connectivity index (χ2n) is 3.40. The van der Waals surface area contributed by atoms with Gasteiger partial charge in [-0.25, -0.2) is 9.67 Å². The Morgan fingerprint density at radius 2 is 2.12 bits per heavy atom. The maximum absolute atomic E-state index is 4.56. The van der Waals surface area contributed by atoms with E-state index in [4.69, 9.17) is 0 Å². The molecule has 5 heteroatoms. The van der Waals surface area contributed by atoms with Gasteiger partial charge in [0.25, 0.3) is 0 Å². The topological polar surface area (TPSA) is 35.1 Å². The summed E-state index contributed by atoms with van der Waals surface area (Å²) in [5.74, 6) is 0.869. The van der Waals surface area contributed by atoms with Crippen molar-refractivity contribution in [3.63, 3.8) is 0 Å². The first-order chi connectivity index (χ1) is 7.90. The lowest BCUT2D eigenvalue weighted by Crippen LogP contribution is -1.99. The molecule has 0 amide bonds. The van der Waals surface area contributed by atoms with Crippen LogP contribution in [0, 0.1) is 0 Å². The normalized spacial score (nSPS) is 11.1. The zero-order chi connectivity index (χ0) is 11.0. The Morgan fingerprint density at radius 3 is 2.88 bits per heavy atom. The zero-order valence-electron chi connectivity index (χ0n) is 8.42. The summed E-state index contributed by atoms with van der Waals surface area (Å²) in [7, 11) is 0. The van der Waals surface area contributed by atoms with Crippen molar-refractivity contribution in [1.82, 2.24) is 19.2 Å². The molecule has 3 heterocycles. The van der Waals surface area contributed by atoms with E-state index >= 15 is 0 Å². The van der Waals surface area contributed by atoms with Gasteiger partial charge in [0, 0.05) is 23.9 Å². The number of nitrogens with zero attached hydrogens (tertiary/aromatic N) is 4. The van der Waals surface area contributed by atoms with Crippen LogP contribution < -0.4 is 0 Å². The summed E-state index contributed by atoms with van der Waals surface area (Å²) in [5.41, 5.74) is 2.03. The fourth-order valence-electron chi connectivity index (χ4n) is 1.74. The molecule has 3 rings (SSSR count). The molecule has 0 aliphatic heterocycles. The summed E-state index contributed by atoms with van der Waals surface area (Å²) < 4.78 is 3.84. The molecule has 0 fully saturated rings. The molecule has 4 nitrogen and oxygen atoms in total. The SMILES string of the molecule is BrCc1c(-n2cccn2)nc2ccccn12. The summed E-state index contributed by atoms with van der Waals surface area (Å²) in [6.07, 6.45) is 5.65. The number of aromatic nitrogens is 4. The lowest BCUT2D eigenvalue weighted by molar-refractivity contribution is 0.844. The van der Waals surface area contributed by atoms with E-state index in [1.54, 1.807) is 10.9 Å². The summed E-state index contributed by atoms with van der Waals surface area (Å²) in [6, 6.07) is 7.85. The van der Waals surface area contributed by atoms with Crippen LogP contribution in [0.3, 0.4) is 0 Å². The monoisotopic (exact) mass is 276 g/mol. The average molecular weight is 277 g/mol. The van der Waals surface area contributed by atoms with Gasteiger partial charge in [-0.2, -0.15) is 5.10 Å². The van der Waals surface area contributed by atoms with Crippen molar-refractivity contribution in [1.29, 1.82) is 0 Å². The average Bonchev–Trinajstić information content (AvgIpc) is 2.95. The van der Waals surface area contributed by atoms with E-state index in [9.17, 15) is 0 Å². The van der Waals surface area contributed by atoms with Crippen molar-refractivity contribution in [3.8, 4) is 5.82 Å². The highest BCUT2D eigenvalue weighted by molar-refractivity contribution is 9.08. The number of fused-ring (bicyclic) bond motifs is 1. The maximum atomic E-state index is 4.56. The lowest BCUT2D eigenvalue weighted by atomic mass is 10.4. The van der Waals surface area contributed by atoms with Crippen molar-refractivity contribution in [2.24, 2.45) is 0 Å². The molecular formula is C11H9BrN4. The third kappa shape index (κ3) is 1.36. The van der Waals surface area contributed by atoms with Crippen LogP contribution in [-0.4, -0.2) is 19.2 Å². The molecule has 0 N–H and O–H groups in total. The van der Waals surface area contributed by atoms with Gasteiger partial charge in [-0.05, 0) is 18.2 Å². The summed E-state index contributed by atoms with van der Waals surface area (Å²) in [5, 5.41) is 4.95. The van der Waals surface area contributed by atoms with Gasteiger partial charge in [0.2, 0.25) is 0 Å². The van der Waals surface area contributed by atoms with Crippen LogP contribution >= 0.6 is 15.9 Å². The molecule has 3 aromatic heterocycles. The summed E-state index contributed by atoms with van der Waals surface area (Å²) in [4.78, 5) is 4.56. The third-order valence-corrected chi connectivity index (χ3v) is 2.99. The van der Waals surface area contributed by atoms with Gasteiger partial charge in [0.1, 0.15) is 5.65 Å². The number of imidazole rings is 1. The van der Waals surface area contributed by atoms with Crippen molar-refractivity contribution in [2.45, 2.75) is 5.33 Å². The van der Waals surface area contributed by atoms with Gasteiger partial charge in [-0.15, -0.1) is 0 Å². The maximum Gasteiger partial charge on any atom is 0.176 e. The third-order valence-electron chi connectivity index (χ3n) is 2.46. The Morgan fingerprint density at radius 1 is 1.19 bits per heavy atom. The van der Waals surface area contributed by atoms with Gasteiger partial charge in [0.05, 0.1) is 5.69 Å². The van der Waals surface area contributed by atoms with E-state index in [-0.39, 0.29) is 0 Å². The standard InChI is InChI=1S/C11H9BrN4/c12-8-9-11(16-7-3-5-13-16)14-10-4-1-2-6-15(9)10/h1-7H,8H2. The Kier molecular flexibility index (Phi) is 2.25. The zero-order valence-corrected chi connectivity index (χ0v) is 10.0. The van der Waals surface area contributed by atoms with Crippen LogP contribution in [0.2, 0.25) is 0 Å². The van der Waals surface area contributed by atoms with E-state index in [2.05, 4.69) is 30.4 Å². The van der Waals surface area contributed by atoms with E-state index in [1.165, 1.54) is 0 Å². The minimum Gasteiger partial charge on any atom is -0.301 e. The van der Waals surface area contributed by atoms with E-state index in [1.807, 2.05) is 36.7 Å². The molecule has 0 aromatic carbocycles. The van der Waals surface area contributed by atoms with Crippen LogP contribution in [0.4, 0.5) is 0 Å². The molecule has 0 spiro atoms. The molecule has 0 bridgehead atoms. The molecule has 80 valence electrons. The van der Waals surface area contributed by atoms with Gasteiger partial charge in [-0.3, -0.25) is 0 Å². The van der Waals surface area contributed by atoms with Crippen molar-refractivity contribution >= 4 is 21.6 Å². The minimum absolute atomic E-state index is 0.743. The first kappa shape index (κ1) is 9.59. The van der Waals surface area contributed by atoms with Crippen LogP contribution in [0.1, 0.15) is 5.69 Å². The van der Waals surface area contributed by atoms with Crippen LogP contribution in [0.5, 0.6) is 0 Å². The summed E-state index contributed by atoms with van der Waals surface area (Å²) >= 11 is 3.49. The van der Waals surface area contributed by atoms with Gasteiger partial charge < -0.3 is 4.40 Å². The molecule has 0 unspecified atom stereocenters. The highest BCUT2D eigenvalue weighted by Gasteiger charge is 2.11. The first-order valence-electron chi connectivity index (χ1n) is 4.92. The highest BCUT2D eigenvalue weighted by Crippen LogP contribution is 2.18. The highest BCUT2D eigenvalue weighted by atomic mass is 79.9. The smallest absolute Gasteiger partial charge is 0.176 e. The fraction of sp³-hybridized carbons (Fsp3) is 0.0909. The number of rotatable bonds is 2. The Bertz CT molecular complexity index is 612. The van der Waals surface area contributed by atoms with Gasteiger partial charge in [0.15, 0.2) is 5.82 Å². The fourth-order valence-corrected chi connectivity index (χ4v) is 2.26. The van der Waals surface area contributed by atoms with Crippen molar-refractivity contribution in [2.75, 3.05) is 0 Å². The summed E-state index contributed by atoms with van der Waals surface area (Å²) in [6.45, 7) is 0. The number of alkyl halides is 1. The largest absolute Gasteiger partial charge is 0.301 e. The van der Waals surface area contributed by atoms with Crippen molar-refractivity contribution < 1.29 is 0 Å². The molecule has 0 saturated carbocycles. The molecule has 0 aliphatic carbocycles. The number of pyridine rings is 1. The van der Waals surface area contributed by atoms with Crippen LogP contribution in [0.25, 0.3) is 11.5 Å². The lowest BCUT2D eigenvalue weighted by Gasteiger charge is -2.00. The van der Waals surface area contributed by atoms with E-state index in [0.717, 1.165) is 22.5 Å².